The largest absolute Gasteiger partial charge is 0.272 e. The van der Waals surface area contributed by atoms with Crippen molar-refractivity contribution >= 4 is 35.0 Å². The molecule has 0 bridgehead atoms. The molecule has 0 saturated carbocycles. The van der Waals surface area contributed by atoms with Crippen molar-refractivity contribution in [1.29, 1.82) is 0 Å². The summed E-state index contributed by atoms with van der Waals surface area (Å²) in [5, 5.41) is 5.35. The zero-order chi connectivity index (χ0) is 16.8. The smallest absolute Gasteiger partial charge is 0.250 e. The van der Waals surface area contributed by atoms with E-state index in [1.54, 1.807) is 12.1 Å². The molecule has 7 heteroatoms. The van der Waals surface area contributed by atoms with E-state index in [0.29, 0.717) is 15.9 Å². The molecular formula is C16H17ClN4OS. The molecule has 1 aromatic heterocycles. The average molecular weight is 349 g/mol. The van der Waals surface area contributed by atoms with Crippen LogP contribution in [0.1, 0.15) is 23.9 Å². The molecule has 2 aromatic rings. The second kappa shape index (κ2) is 8.08. The molecule has 2 rings (SSSR count). The van der Waals surface area contributed by atoms with Crippen LogP contribution < -0.4 is 5.43 Å². The predicted octanol–water partition coefficient (Wildman–Crippen LogP) is 3.38. The van der Waals surface area contributed by atoms with Gasteiger partial charge >= 0.3 is 0 Å². The topological polar surface area (TPSA) is 67.2 Å². The van der Waals surface area contributed by atoms with Crippen molar-refractivity contribution < 1.29 is 4.79 Å². The fraction of sp³-hybridized carbons (Fsp3) is 0.250. The summed E-state index contributed by atoms with van der Waals surface area (Å²) in [6, 6.07) is 9.16. The molecule has 1 N–H and O–H groups in total. The fourth-order valence-electron chi connectivity index (χ4n) is 1.82. The van der Waals surface area contributed by atoms with Crippen LogP contribution in [-0.4, -0.2) is 27.3 Å². The van der Waals surface area contributed by atoms with Crippen LogP contribution in [0.15, 0.2) is 40.6 Å². The van der Waals surface area contributed by atoms with Gasteiger partial charge in [-0.1, -0.05) is 35.5 Å². The Morgan fingerprint density at radius 1 is 1.22 bits per heavy atom. The molecule has 0 atom stereocenters. The molecule has 1 heterocycles. The molecule has 120 valence electrons. The minimum atomic E-state index is -0.203. The summed E-state index contributed by atoms with van der Waals surface area (Å²) in [4.78, 5) is 20.4. The zero-order valence-electron chi connectivity index (χ0n) is 13.1. The van der Waals surface area contributed by atoms with Gasteiger partial charge in [0.1, 0.15) is 0 Å². The Kier molecular flexibility index (Phi) is 6.12. The van der Waals surface area contributed by atoms with Gasteiger partial charge in [-0.25, -0.2) is 15.4 Å². The van der Waals surface area contributed by atoms with E-state index in [9.17, 15) is 4.79 Å². The van der Waals surface area contributed by atoms with Crippen LogP contribution in [0.25, 0.3) is 0 Å². The summed E-state index contributed by atoms with van der Waals surface area (Å²) < 4.78 is 0. The number of hydrogen-bond donors (Lipinski definition) is 1. The van der Waals surface area contributed by atoms with Crippen molar-refractivity contribution in [2.24, 2.45) is 5.10 Å². The minimum absolute atomic E-state index is 0.203. The van der Waals surface area contributed by atoms with Gasteiger partial charge in [-0.05, 0) is 44.5 Å². The van der Waals surface area contributed by atoms with Crippen LogP contribution in [0.5, 0.6) is 0 Å². The molecule has 23 heavy (non-hydrogen) atoms. The van der Waals surface area contributed by atoms with Crippen LogP contribution in [-0.2, 0) is 4.79 Å². The van der Waals surface area contributed by atoms with Gasteiger partial charge in [0.05, 0.1) is 11.5 Å². The first-order valence-electron chi connectivity index (χ1n) is 6.98. The number of nitrogens with one attached hydrogen (secondary N) is 1. The molecular weight excluding hydrogens is 332 g/mol. The number of benzene rings is 1. The third-order valence-corrected chi connectivity index (χ3v) is 4.00. The first-order valence-corrected chi connectivity index (χ1v) is 8.34. The molecule has 0 aliphatic rings. The summed E-state index contributed by atoms with van der Waals surface area (Å²) in [7, 11) is 0. The third kappa shape index (κ3) is 5.65. The Balaban J connectivity index is 1.89. The van der Waals surface area contributed by atoms with E-state index in [-0.39, 0.29) is 11.7 Å². The van der Waals surface area contributed by atoms with Gasteiger partial charge in [-0.2, -0.15) is 5.10 Å². The predicted molar refractivity (Wildman–Crippen MR) is 94.0 cm³/mol. The molecule has 0 radical (unpaired) electrons. The highest BCUT2D eigenvalue weighted by Crippen LogP contribution is 2.13. The first kappa shape index (κ1) is 17.4. The summed E-state index contributed by atoms with van der Waals surface area (Å²) >= 11 is 7.13. The highest BCUT2D eigenvalue weighted by molar-refractivity contribution is 7.99. The highest BCUT2D eigenvalue weighted by atomic mass is 35.5. The molecule has 1 amide bonds. The fourth-order valence-corrected chi connectivity index (χ4v) is 2.69. The van der Waals surface area contributed by atoms with Crippen molar-refractivity contribution in [3.63, 3.8) is 0 Å². The Bertz CT molecular complexity index is 711. The third-order valence-electron chi connectivity index (χ3n) is 2.90. The zero-order valence-corrected chi connectivity index (χ0v) is 14.7. The van der Waals surface area contributed by atoms with Crippen LogP contribution in [0.3, 0.4) is 0 Å². The monoisotopic (exact) mass is 348 g/mol. The molecule has 0 saturated heterocycles. The number of hydrogen-bond acceptors (Lipinski definition) is 5. The van der Waals surface area contributed by atoms with Gasteiger partial charge in [-0.15, -0.1) is 0 Å². The average Bonchev–Trinajstić information content (AvgIpc) is 2.50. The molecule has 0 aliphatic carbocycles. The van der Waals surface area contributed by atoms with Crippen LogP contribution in [0, 0.1) is 13.8 Å². The van der Waals surface area contributed by atoms with Crippen molar-refractivity contribution in [2.45, 2.75) is 25.9 Å². The Morgan fingerprint density at radius 3 is 2.43 bits per heavy atom. The number of nitrogens with zero attached hydrogens (tertiary/aromatic N) is 3. The summed E-state index contributed by atoms with van der Waals surface area (Å²) in [6.45, 7) is 5.63. The molecule has 0 fully saturated rings. The molecule has 0 aliphatic heterocycles. The maximum absolute atomic E-state index is 11.9. The van der Waals surface area contributed by atoms with E-state index in [1.165, 1.54) is 11.8 Å². The SMILES string of the molecule is CC(=NNC(=O)CSc1nc(C)cc(C)n1)c1ccc(Cl)cc1. The van der Waals surface area contributed by atoms with E-state index in [1.807, 2.05) is 39.0 Å². The van der Waals surface area contributed by atoms with Gasteiger partial charge in [0.15, 0.2) is 5.16 Å². The second-order valence-electron chi connectivity index (χ2n) is 4.96. The van der Waals surface area contributed by atoms with Gasteiger partial charge in [-0.3, -0.25) is 4.79 Å². The number of hydrazone groups is 1. The molecule has 0 unspecified atom stereocenters. The maximum Gasteiger partial charge on any atom is 0.250 e. The van der Waals surface area contributed by atoms with Crippen molar-refractivity contribution in [3.05, 3.63) is 52.3 Å². The number of rotatable bonds is 5. The lowest BCUT2D eigenvalue weighted by Crippen LogP contribution is -2.21. The van der Waals surface area contributed by atoms with E-state index in [0.717, 1.165) is 17.0 Å². The molecule has 0 spiro atoms. The Labute approximate surface area is 144 Å². The van der Waals surface area contributed by atoms with Crippen molar-refractivity contribution in [3.8, 4) is 0 Å². The quantitative estimate of drug-likeness (QED) is 0.389. The maximum atomic E-state index is 11.9. The van der Waals surface area contributed by atoms with E-state index >= 15 is 0 Å². The van der Waals surface area contributed by atoms with Gasteiger partial charge in [0, 0.05) is 16.4 Å². The first-order chi connectivity index (χ1) is 10.9. The second-order valence-corrected chi connectivity index (χ2v) is 6.34. The number of aryl methyl sites for hydroxylation is 2. The number of carbonyl (C=O) groups is 1. The lowest BCUT2D eigenvalue weighted by molar-refractivity contribution is -0.118. The normalized spacial score (nSPS) is 11.4. The lowest BCUT2D eigenvalue weighted by Gasteiger charge is -2.04. The Hall–Kier alpha value is -1.92. The molecule has 5 nitrogen and oxygen atoms in total. The van der Waals surface area contributed by atoms with Crippen LogP contribution >= 0.6 is 23.4 Å². The minimum Gasteiger partial charge on any atom is -0.272 e. The summed E-state index contributed by atoms with van der Waals surface area (Å²) in [5.41, 5.74) is 5.92. The van der Waals surface area contributed by atoms with Crippen LogP contribution in [0.4, 0.5) is 0 Å². The Morgan fingerprint density at radius 2 is 1.83 bits per heavy atom. The van der Waals surface area contributed by atoms with E-state index in [2.05, 4.69) is 20.5 Å². The van der Waals surface area contributed by atoms with Crippen LogP contribution in [0.2, 0.25) is 5.02 Å². The van der Waals surface area contributed by atoms with Gasteiger partial charge in [0.2, 0.25) is 0 Å². The number of amides is 1. The van der Waals surface area contributed by atoms with E-state index < -0.39 is 0 Å². The number of carbonyl (C=O) groups excluding carboxylic acids is 1. The van der Waals surface area contributed by atoms with Crippen molar-refractivity contribution in [2.75, 3.05) is 5.75 Å². The summed E-state index contributed by atoms with van der Waals surface area (Å²) in [6.07, 6.45) is 0. The lowest BCUT2D eigenvalue weighted by atomic mass is 10.1. The number of halogens is 1. The number of aromatic nitrogens is 2. The molecule has 1 aromatic carbocycles. The highest BCUT2D eigenvalue weighted by Gasteiger charge is 2.06. The van der Waals surface area contributed by atoms with E-state index in [4.69, 9.17) is 11.6 Å². The van der Waals surface area contributed by atoms with Gasteiger partial charge < -0.3 is 0 Å². The summed E-state index contributed by atoms with van der Waals surface area (Å²) in [5.74, 6) is 0.00591. The van der Waals surface area contributed by atoms with Gasteiger partial charge in [0.25, 0.3) is 5.91 Å². The number of thioether (sulfide) groups is 1. The van der Waals surface area contributed by atoms with Crippen molar-refractivity contribution in [1.82, 2.24) is 15.4 Å². The standard InChI is InChI=1S/C16H17ClN4OS/c1-10-8-11(2)19-16(18-10)23-9-15(22)21-20-12(3)13-4-6-14(17)7-5-13/h4-8H,9H2,1-3H3,(H,21,22).